The molecule has 0 aliphatic heterocycles. The van der Waals surface area contributed by atoms with E-state index < -0.39 is 25.2 Å². The van der Waals surface area contributed by atoms with Gasteiger partial charge in [-0.05, 0) is 78.7 Å². The molecule has 2 aromatic carbocycles. The van der Waals surface area contributed by atoms with Gasteiger partial charge < -0.3 is 0 Å². The van der Waals surface area contributed by atoms with E-state index in [2.05, 4.69) is 30.3 Å². The third kappa shape index (κ3) is 7.92. The Morgan fingerprint density at radius 3 is 1.87 bits per heavy atom. The Kier molecular flexibility index (Phi) is 10.8. The maximum absolute atomic E-state index is 14.8. The van der Waals surface area contributed by atoms with Gasteiger partial charge in [-0.15, -0.1) is 10.3 Å². The van der Waals surface area contributed by atoms with Crippen LogP contribution in [0.5, 0.6) is 0 Å². The summed E-state index contributed by atoms with van der Waals surface area (Å²) in [6, 6.07) is 12.8. The molecule has 0 fully saturated rings. The lowest BCUT2D eigenvalue weighted by Crippen LogP contribution is -2.26. The molecule has 0 radical (unpaired) electrons. The molecule has 2 atom stereocenters. The molecule has 0 N–H and O–H groups in total. The summed E-state index contributed by atoms with van der Waals surface area (Å²) >= 11 is 0. The smallest absolute Gasteiger partial charge is 0.244 e. The molecule has 0 bridgehead atoms. The Morgan fingerprint density at radius 1 is 0.921 bits per heavy atom. The molecule has 0 aliphatic rings. The maximum atomic E-state index is 14.8. The van der Waals surface area contributed by atoms with Gasteiger partial charge in [-0.1, -0.05) is 96.5 Å². The second kappa shape index (κ2) is 12.8. The molecule has 2 aromatic rings. The second-order valence-corrected chi connectivity index (χ2v) is 15.8. The fourth-order valence-corrected chi connectivity index (χ4v) is 9.75. The zero-order valence-corrected chi connectivity index (χ0v) is 26.4. The first-order valence-corrected chi connectivity index (χ1v) is 16.7. The van der Waals surface area contributed by atoms with Crippen LogP contribution in [-0.2, 0) is 19.8 Å². The highest BCUT2D eigenvalue weighted by Gasteiger charge is 2.33. The van der Waals surface area contributed by atoms with Crippen LogP contribution in [0.25, 0.3) is 0 Å². The van der Waals surface area contributed by atoms with E-state index in [4.69, 9.17) is 0 Å². The summed E-state index contributed by atoms with van der Waals surface area (Å²) in [5, 5.41) is 0. The molecule has 210 valence electrons. The van der Waals surface area contributed by atoms with Crippen LogP contribution in [0.2, 0.25) is 0 Å². The molecular formula is C32H47NO3S2. The summed E-state index contributed by atoms with van der Waals surface area (Å²) in [7, 11) is -7.63. The first kappa shape index (κ1) is 32.0. The summed E-state index contributed by atoms with van der Waals surface area (Å²) in [4.78, 5) is 0.635. The van der Waals surface area contributed by atoms with Gasteiger partial charge in [0.2, 0.25) is 0 Å². The average molecular weight is 558 g/mol. The van der Waals surface area contributed by atoms with Gasteiger partial charge in [0.05, 0.1) is 14.6 Å². The van der Waals surface area contributed by atoms with Crippen LogP contribution in [-0.4, -0.2) is 18.4 Å². The van der Waals surface area contributed by atoms with Crippen molar-refractivity contribution in [2.75, 3.05) is 5.75 Å². The van der Waals surface area contributed by atoms with E-state index in [0.717, 1.165) is 23.1 Å². The molecule has 0 aromatic heterocycles. The van der Waals surface area contributed by atoms with Crippen LogP contribution >= 0.6 is 0 Å². The van der Waals surface area contributed by atoms with E-state index >= 15 is 0 Å². The summed E-state index contributed by atoms with van der Waals surface area (Å²) in [5.41, 5.74) is 3.20. The van der Waals surface area contributed by atoms with Crippen molar-refractivity contribution in [3.8, 4) is 0 Å². The highest BCUT2D eigenvalue weighted by Crippen LogP contribution is 2.38. The van der Waals surface area contributed by atoms with Crippen LogP contribution in [0.15, 0.2) is 80.3 Å². The van der Waals surface area contributed by atoms with Gasteiger partial charge in [0.15, 0.2) is 0 Å². The summed E-state index contributed by atoms with van der Waals surface area (Å²) in [5.74, 6) is 0.242. The normalized spacial score (nSPS) is 15.3. The minimum absolute atomic E-state index is 0.0403. The molecule has 0 amide bonds. The fourth-order valence-electron chi connectivity index (χ4n) is 4.54. The van der Waals surface area contributed by atoms with E-state index in [9.17, 15) is 12.6 Å². The summed E-state index contributed by atoms with van der Waals surface area (Å²) in [6.07, 6.45) is 5.42. The molecule has 0 heterocycles. The molecule has 2 rings (SSSR count). The predicted octanol–water partition coefficient (Wildman–Crippen LogP) is 9.21. The van der Waals surface area contributed by atoms with Crippen molar-refractivity contribution >= 4 is 19.8 Å². The van der Waals surface area contributed by atoms with Crippen LogP contribution in [0.3, 0.4) is 0 Å². The highest BCUT2D eigenvalue weighted by molar-refractivity contribution is 8.03. The van der Waals surface area contributed by atoms with Crippen molar-refractivity contribution in [3.05, 3.63) is 83.5 Å². The minimum Gasteiger partial charge on any atom is -0.244 e. The molecule has 0 spiro atoms. The number of hydrogen-bond acceptors (Lipinski definition) is 3. The Labute approximate surface area is 232 Å². The predicted molar refractivity (Wildman–Crippen MR) is 163 cm³/mol. The SMILES string of the molecule is C=C[C@@](C)(CCC=C(C)C)C[S@@](=O)(=NS(=O)(=O)c1c(C(C)C)cc(C(C)C)cc1C(C)C)c1ccccc1. The van der Waals surface area contributed by atoms with E-state index in [1.807, 2.05) is 66.7 Å². The number of sulfonamides is 1. The topological polar surface area (TPSA) is 63.6 Å². The van der Waals surface area contributed by atoms with E-state index in [0.29, 0.717) is 11.3 Å². The number of hydrogen-bond donors (Lipinski definition) is 0. The van der Waals surface area contributed by atoms with Crippen molar-refractivity contribution < 1.29 is 12.6 Å². The lowest BCUT2D eigenvalue weighted by atomic mass is 9.87. The Morgan fingerprint density at radius 2 is 1.45 bits per heavy atom. The molecule has 0 unspecified atom stereocenters. The number of nitrogens with zero attached hydrogens (tertiary/aromatic N) is 1. The average Bonchev–Trinajstić information content (AvgIpc) is 2.82. The third-order valence-electron chi connectivity index (χ3n) is 6.95. The molecule has 38 heavy (non-hydrogen) atoms. The zero-order chi connectivity index (χ0) is 28.9. The highest BCUT2D eigenvalue weighted by atomic mass is 32.3. The Balaban J connectivity index is 2.88. The minimum atomic E-state index is -4.27. The van der Waals surface area contributed by atoms with E-state index in [-0.39, 0.29) is 28.4 Å². The van der Waals surface area contributed by atoms with Crippen LogP contribution in [0, 0.1) is 5.41 Å². The van der Waals surface area contributed by atoms with Crippen molar-refractivity contribution in [2.45, 2.75) is 103 Å². The lowest BCUT2D eigenvalue weighted by Gasteiger charge is -2.27. The Bertz CT molecular complexity index is 1340. The maximum Gasteiger partial charge on any atom is 0.290 e. The van der Waals surface area contributed by atoms with Gasteiger partial charge >= 0.3 is 0 Å². The van der Waals surface area contributed by atoms with Gasteiger partial charge in [-0.3, -0.25) is 0 Å². The number of allylic oxidation sites excluding steroid dienone is 3. The van der Waals surface area contributed by atoms with Crippen LogP contribution in [0.1, 0.15) is 110 Å². The Hall–Kier alpha value is -2.18. The van der Waals surface area contributed by atoms with Crippen LogP contribution in [0.4, 0.5) is 0 Å². The zero-order valence-electron chi connectivity index (χ0n) is 24.7. The molecule has 6 heteroatoms. The molecule has 0 aliphatic carbocycles. The monoisotopic (exact) mass is 557 g/mol. The molecule has 0 saturated carbocycles. The number of rotatable bonds is 12. The summed E-state index contributed by atoms with van der Waals surface area (Å²) in [6.45, 7) is 22.3. The van der Waals surface area contributed by atoms with Crippen molar-refractivity contribution in [1.82, 2.24) is 0 Å². The van der Waals surface area contributed by atoms with E-state index in [1.165, 1.54) is 5.57 Å². The van der Waals surface area contributed by atoms with E-state index in [1.54, 1.807) is 30.3 Å². The largest absolute Gasteiger partial charge is 0.290 e. The van der Waals surface area contributed by atoms with Crippen LogP contribution < -0.4 is 0 Å². The fraction of sp³-hybridized carbons (Fsp3) is 0.500. The van der Waals surface area contributed by atoms with Gasteiger partial charge in [0.1, 0.15) is 0 Å². The van der Waals surface area contributed by atoms with Crippen molar-refractivity contribution in [1.29, 1.82) is 0 Å². The lowest BCUT2D eigenvalue weighted by molar-refractivity contribution is 0.446. The molecule has 4 nitrogen and oxygen atoms in total. The van der Waals surface area contributed by atoms with Gasteiger partial charge in [0.25, 0.3) is 10.0 Å². The summed E-state index contributed by atoms with van der Waals surface area (Å²) < 4.78 is 47.6. The first-order valence-electron chi connectivity index (χ1n) is 13.6. The number of benzene rings is 2. The van der Waals surface area contributed by atoms with Gasteiger partial charge in [-0.25, -0.2) is 4.21 Å². The first-order chi connectivity index (χ1) is 17.5. The van der Waals surface area contributed by atoms with Crippen molar-refractivity contribution in [3.63, 3.8) is 0 Å². The second-order valence-electron chi connectivity index (χ2n) is 11.8. The molecular weight excluding hydrogens is 510 g/mol. The molecule has 0 saturated heterocycles. The van der Waals surface area contributed by atoms with Gasteiger partial charge in [-0.2, -0.15) is 8.42 Å². The van der Waals surface area contributed by atoms with Crippen molar-refractivity contribution in [2.24, 2.45) is 9.18 Å². The standard InChI is InChI=1S/C32H47NO3S2/c1-11-32(10,19-15-16-23(2)3)22-37(34,28-17-13-12-14-18-28)33-38(35,36)31-29(25(6)7)20-27(24(4)5)21-30(31)26(8)9/h11-14,16-18,20-21,24-26H,1,15,19,22H2,2-10H3/t32-,37-/m0/s1. The quantitative estimate of drug-likeness (QED) is 0.244. The van der Waals surface area contributed by atoms with Gasteiger partial charge in [0, 0.05) is 10.6 Å². The third-order valence-corrected chi connectivity index (χ3v) is 11.7.